The molecule has 1 N–H and O–H groups in total. The zero-order valence-corrected chi connectivity index (χ0v) is 12.8. The van der Waals surface area contributed by atoms with E-state index in [0.29, 0.717) is 0 Å². The van der Waals surface area contributed by atoms with Crippen molar-refractivity contribution in [2.45, 2.75) is 33.6 Å². The highest BCUT2D eigenvalue weighted by Gasteiger charge is 2.08. The molecule has 0 radical (unpaired) electrons. The molecule has 2 rings (SSSR count). The molecular formula is C15H19BrN2. The number of aromatic nitrogens is 1. The molecule has 3 heteroatoms. The number of hydrogen-bond acceptors (Lipinski definition) is 2. The number of anilines is 1. The molecular weight excluding hydrogens is 288 g/mol. The van der Waals surface area contributed by atoms with Gasteiger partial charge in [0.25, 0.3) is 0 Å². The Labute approximate surface area is 117 Å². The normalized spacial score (nSPS) is 10.9. The molecule has 0 fully saturated rings. The number of fused-ring (bicyclic) bond motifs is 1. The van der Waals surface area contributed by atoms with Crippen LogP contribution in [0.2, 0.25) is 0 Å². The number of hydrogen-bond donors (Lipinski definition) is 1. The minimum Gasteiger partial charge on any atom is -0.370 e. The largest absolute Gasteiger partial charge is 0.370 e. The first-order valence-corrected chi connectivity index (χ1v) is 7.29. The van der Waals surface area contributed by atoms with Crippen LogP contribution in [0.4, 0.5) is 5.82 Å². The van der Waals surface area contributed by atoms with Crippen molar-refractivity contribution in [3.8, 4) is 0 Å². The topological polar surface area (TPSA) is 24.9 Å². The second kappa shape index (κ2) is 5.70. The molecule has 2 nitrogen and oxygen atoms in total. The van der Waals surface area contributed by atoms with Gasteiger partial charge in [-0.15, -0.1) is 0 Å². The number of pyridine rings is 1. The van der Waals surface area contributed by atoms with Gasteiger partial charge in [0.05, 0.1) is 5.52 Å². The molecule has 0 amide bonds. The Kier molecular flexibility index (Phi) is 4.23. The lowest BCUT2D eigenvalue weighted by Gasteiger charge is -2.12. The van der Waals surface area contributed by atoms with Crippen molar-refractivity contribution in [1.82, 2.24) is 4.98 Å². The summed E-state index contributed by atoms with van der Waals surface area (Å²) < 4.78 is 1.12. The summed E-state index contributed by atoms with van der Waals surface area (Å²) in [5.74, 6) is 1.04. The van der Waals surface area contributed by atoms with E-state index in [4.69, 9.17) is 4.98 Å². The first-order chi connectivity index (χ1) is 8.67. The lowest BCUT2D eigenvalue weighted by atomic mass is 10.1. The maximum absolute atomic E-state index is 4.80. The zero-order valence-electron chi connectivity index (χ0n) is 11.2. The van der Waals surface area contributed by atoms with Crippen LogP contribution >= 0.6 is 15.9 Å². The Morgan fingerprint density at radius 3 is 2.72 bits per heavy atom. The van der Waals surface area contributed by atoms with Crippen LogP contribution in [0.5, 0.6) is 0 Å². The highest BCUT2D eigenvalue weighted by atomic mass is 79.9. The van der Waals surface area contributed by atoms with Gasteiger partial charge < -0.3 is 5.32 Å². The molecule has 0 aliphatic heterocycles. The van der Waals surface area contributed by atoms with Crippen molar-refractivity contribution in [1.29, 1.82) is 0 Å². The molecule has 0 aliphatic rings. The predicted molar refractivity (Wildman–Crippen MR) is 82.3 cm³/mol. The summed E-state index contributed by atoms with van der Waals surface area (Å²) in [6.07, 6.45) is 2.12. The molecule has 0 bridgehead atoms. The molecule has 0 spiro atoms. The number of nitrogens with one attached hydrogen (secondary N) is 1. The van der Waals surface area contributed by atoms with Gasteiger partial charge in [-0.1, -0.05) is 35.8 Å². The molecule has 0 aliphatic carbocycles. The monoisotopic (exact) mass is 306 g/mol. The van der Waals surface area contributed by atoms with Crippen molar-refractivity contribution in [3.63, 3.8) is 0 Å². The van der Waals surface area contributed by atoms with Gasteiger partial charge in [0.1, 0.15) is 5.82 Å². The maximum Gasteiger partial charge on any atom is 0.129 e. The predicted octanol–water partition coefficient (Wildman–Crippen LogP) is 4.69. The molecule has 18 heavy (non-hydrogen) atoms. The third kappa shape index (κ3) is 2.51. The maximum atomic E-state index is 4.80. The lowest BCUT2D eigenvalue weighted by Crippen LogP contribution is -2.05. The summed E-state index contributed by atoms with van der Waals surface area (Å²) in [5.41, 5.74) is 3.58. The molecule has 1 heterocycles. The SMILES string of the molecule is CCCNc1nc2c(C)c(Br)ccc2cc1CC. The average molecular weight is 307 g/mol. The van der Waals surface area contributed by atoms with Gasteiger partial charge in [-0.05, 0) is 43.0 Å². The molecule has 1 aromatic heterocycles. The van der Waals surface area contributed by atoms with Gasteiger partial charge in [-0.2, -0.15) is 0 Å². The van der Waals surface area contributed by atoms with Crippen LogP contribution < -0.4 is 5.32 Å². The molecule has 0 atom stereocenters. The highest BCUT2D eigenvalue weighted by Crippen LogP contribution is 2.27. The average Bonchev–Trinajstić information content (AvgIpc) is 2.40. The third-order valence-corrected chi connectivity index (χ3v) is 4.04. The quantitative estimate of drug-likeness (QED) is 0.886. The van der Waals surface area contributed by atoms with Gasteiger partial charge in [-0.3, -0.25) is 0 Å². The Morgan fingerprint density at radius 1 is 1.28 bits per heavy atom. The first-order valence-electron chi connectivity index (χ1n) is 6.50. The van der Waals surface area contributed by atoms with Crippen LogP contribution in [0.1, 0.15) is 31.4 Å². The Bertz CT molecular complexity index is 564. The van der Waals surface area contributed by atoms with Crippen LogP contribution in [0, 0.1) is 6.92 Å². The van der Waals surface area contributed by atoms with E-state index in [0.717, 1.165) is 35.2 Å². The summed E-state index contributed by atoms with van der Waals surface area (Å²) in [6, 6.07) is 6.47. The zero-order chi connectivity index (χ0) is 13.1. The summed E-state index contributed by atoms with van der Waals surface area (Å²) in [4.78, 5) is 4.80. The van der Waals surface area contributed by atoms with Gasteiger partial charge >= 0.3 is 0 Å². The van der Waals surface area contributed by atoms with Gasteiger partial charge in [-0.25, -0.2) is 4.98 Å². The number of benzene rings is 1. The third-order valence-electron chi connectivity index (χ3n) is 3.18. The molecule has 2 aromatic rings. The Morgan fingerprint density at radius 2 is 2.06 bits per heavy atom. The van der Waals surface area contributed by atoms with E-state index in [9.17, 15) is 0 Å². The van der Waals surface area contributed by atoms with E-state index in [1.54, 1.807) is 0 Å². The molecule has 0 saturated carbocycles. The Balaban J connectivity index is 2.58. The molecule has 0 saturated heterocycles. The van der Waals surface area contributed by atoms with Crippen molar-refractivity contribution in [2.75, 3.05) is 11.9 Å². The first kappa shape index (κ1) is 13.3. The number of nitrogens with zero attached hydrogens (tertiary/aromatic N) is 1. The molecule has 96 valence electrons. The van der Waals surface area contributed by atoms with Gasteiger partial charge in [0.2, 0.25) is 0 Å². The van der Waals surface area contributed by atoms with Gasteiger partial charge in [0.15, 0.2) is 0 Å². The fraction of sp³-hybridized carbons (Fsp3) is 0.400. The van der Waals surface area contributed by atoms with Crippen molar-refractivity contribution in [2.24, 2.45) is 0 Å². The fourth-order valence-corrected chi connectivity index (χ4v) is 2.39. The minimum absolute atomic E-state index is 0.971. The van der Waals surface area contributed by atoms with Crippen LogP contribution in [-0.4, -0.2) is 11.5 Å². The summed E-state index contributed by atoms with van der Waals surface area (Å²) in [6.45, 7) is 7.42. The van der Waals surface area contributed by atoms with E-state index in [-0.39, 0.29) is 0 Å². The van der Waals surface area contributed by atoms with E-state index in [2.05, 4.69) is 60.2 Å². The van der Waals surface area contributed by atoms with E-state index in [1.165, 1.54) is 16.5 Å². The van der Waals surface area contributed by atoms with Crippen LogP contribution in [0.15, 0.2) is 22.7 Å². The van der Waals surface area contributed by atoms with Crippen LogP contribution in [-0.2, 0) is 6.42 Å². The van der Waals surface area contributed by atoms with Crippen LogP contribution in [0.25, 0.3) is 10.9 Å². The van der Waals surface area contributed by atoms with Crippen molar-refractivity contribution < 1.29 is 0 Å². The van der Waals surface area contributed by atoms with Crippen molar-refractivity contribution in [3.05, 3.63) is 33.8 Å². The highest BCUT2D eigenvalue weighted by molar-refractivity contribution is 9.10. The number of rotatable bonds is 4. The standard InChI is InChI=1S/C15H19BrN2/c1-4-8-17-15-11(5-2)9-12-6-7-13(16)10(3)14(12)18-15/h6-7,9H,4-5,8H2,1-3H3,(H,17,18). The Hall–Kier alpha value is -1.09. The fourth-order valence-electron chi connectivity index (χ4n) is 2.07. The number of halogens is 1. The number of aryl methyl sites for hydroxylation is 2. The van der Waals surface area contributed by atoms with E-state index in [1.807, 2.05) is 0 Å². The smallest absolute Gasteiger partial charge is 0.129 e. The van der Waals surface area contributed by atoms with Crippen LogP contribution in [0.3, 0.4) is 0 Å². The minimum atomic E-state index is 0.971. The van der Waals surface area contributed by atoms with E-state index < -0.39 is 0 Å². The van der Waals surface area contributed by atoms with E-state index >= 15 is 0 Å². The molecule has 1 aromatic carbocycles. The molecule has 0 unspecified atom stereocenters. The van der Waals surface area contributed by atoms with Gasteiger partial charge in [0, 0.05) is 16.4 Å². The second-order valence-corrected chi connectivity index (χ2v) is 5.37. The summed E-state index contributed by atoms with van der Waals surface area (Å²) >= 11 is 3.57. The summed E-state index contributed by atoms with van der Waals surface area (Å²) in [5, 5.41) is 4.64. The van der Waals surface area contributed by atoms with Crippen molar-refractivity contribution >= 4 is 32.7 Å². The lowest BCUT2D eigenvalue weighted by molar-refractivity contribution is 0.961. The summed E-state index contributed by atoms with van der Waals surface area (Å²) in [7, 11) is 0. The second-order valence-electron chi connectivity index (χ2n) is 4.52.